The molecular formula is C15H15ClN2O. The number of alkyl halides is 1. The number of benzene rings is 1. The number of aromatic nitrogens is 2. The highest BCUT2D eigenvalue weighted by molar-refractivity contribution is 6.18. The minimum atomic E-state index is 0.551. The summed E-state index contributed by atoms with van der Waals surface area (Å²) < 4.78 is 7.58. The van der Waals surface area contributed by atoms with Crippen molar-refractivity contribution in [3.05, 3.63) is 48.3 Å². The first-order valence-corrected chi connectivity index (χ1v) is 6.67. The summed E-state index contributed by atoms with van der Waals surface area (Å²) in [4.78, 5) is 0. The van der Waals surface area contributed by atoms with Crippen LogP contribution in [0.25, 0.3) is 0 Å². The molecule has 0 N–H and O–H groups in total. The van der Waals surface area contributed by atoms with Gasteiger partial charge in [-0.3, -0.25) is 4.68 Å². The third kappa shape index (κ3) is 4.35. The molecule has 0 saturated heterocycles. The summed E-state index contributed by atoms with van der Waals surface area (Å²) in [5.41, 5.74) is 0.896. The molecule has 0 atom stereocenters. The molecule has 3 nitrogen and oxygen atoms in total. The van der Waals surface area contributed by atoms with Crippen LogP contribution in [-0.4, -0.2) is 22.3 Å². The van der Waals surface area contributed by atoms with E-state index in [1.807, 2.05) is 41.2 Å². The van der Waals surface area contributed by atoms with Gasteiger partial charge in [0.1, 0.15) is 12.4 Å². The molecule has 19 heavy (non-hydrogen) atoms. The topological polar surface area (TPSA) is 27.1 Å². The van der Waals surface area contributed by atoms with Crippen molar-refractivity contribution in [3.63, 3.8) is 0 Å². The molecular weight excluding hydrogens is 260 g/mol. The van der Waals surface area contributed by atoms with Crippen molar-refractivity contribution in [2.45, 2.75) is 13.0 Å². The van der Waals surface area contributed by atoms with E-state index in [4.69, 9.17) is 16.3 Å². The lowest BCUT2D eigenvalue weighted by Gasteiger charge is -2.08. The van der Waals surface area contributed by atoms with Crippen LogP contribution in [0.4, 0.5) is 0 Å². The first-order chi connectivity index (χ1) is 9.40. The van der Waals surface area contributed by atoms with E-state index in [2.05, 4.69) is 16.9 Å². The van der Waals surface area contributed by atoms with Crippen molar-refractivity contribution in [3.8, 4) is 17.6 Å². The molecule has 1 aromatic carbocycles. The maximum Gasteiger partial charge on any atom is 0.135 e. The van der Waals surface area contributed by atoms with Gasteiger partial charge in [0, 0.05) is 24.7 Å². The summed E-state index contributed by atoms with van der Waals surface area (Å²) >= 11 is 5.60. The molecule has 4 heteroatoms. The predicted molar refractivity (Wildman–Crippen MR) is 76.4 cm³/mol. The second kappa shape index (κ2) is 7.50. The van der Waals surface area contributed by atoms with Crippen LogP contribution >= 0.6 is 11.6 Å². The van der Waals surface area contributed by atoms with E-state index in [0.717, 1.165) is 17.9 Å². The zero-order chi connectivity index (χ0) is 13.3. The van der Waals surface area contributed by atoms with Gasteiger partial charge in [-0.1, -0.05) is 24.0 Å². The summed E-state index contributed by atoms with van der Waals surface area (Å²) in [5.74, 6) is 7.45. The number of hydrogen-bond donors (Lipinski definition) is 0. The van der Waals surface area contributed by atoms with E-state index in [1.54, 1.807) is 6.20 Å². The van der Waals surface area contributed by atoms with Gasteiger partial charge in [0.05, 0.1) is 12.1 Å². The Morgan fingerprint density at radius 2 is 2.16 bits per heavy atom. The van der Waals surface area contributed by atoms with Crippen molar-refractivity contribution >= 4 is 11.6 Å². The molecule has 2 aromatic rings. The Hall–Kier alpha value is -1.92. The Morgan fingerprint density at radius 3 is 2.95 bits per heavy atom. The molecule has 0 aliphatic heterocycles. The van der Waals surface area contributed by atoms with Gasteiger partial charge < -0.3 is 4.74 Å². The van der Waals surface area contributed by atoms with E-state index >= 15 is 0 Å². The standard InChI is InChI=1S/C15H15ClN2O/c16-9-4-3-7-14-6-1-2-8-15(14)19-13-12-18-11-5-10-17-18/h1-2,5-6,8,10-11H,4,9,12-13H2. The molecule has 0 radical (unpaired) electrons. The number of para-hydroxylation sites is 1. The summed E-state index contributed by atoms with van der Waals surface area (Å²) in [6, 6.07) is 9.66. The molecule has 0 aliphatic carbocycles. The Kier molecular flexibility index (Phi) is 5.33. The van der Waals surface area contributed by atoms with Crippen molar-refractivity contribution in [2.24, 2.45) is 0 Å². The average Bonchev–Trinajstić information content (AvgIpc) is 2.94. The number of hydrogen-bond acceptors (Lipinski definition) is 2. The first-order valence-electron chi connectivity index (χ1n) is 6.14. The van der Waals surface area contributed by atoms with Gasteiger partial charge in [-0.25, -0.2) is 0 Å². The minimum absolute atomic E-state index is 0.551. The van der Waals surface area contributed by atoms with E-state index in [-0.39, 0.29) is 0 Å². The predicted octanol–water partition coefficient (Wildman–Crippen LogP) is 2.94. The van der Waals surface area contributed by atoms with Crippen molar-refractivity contribution in [1.29, 1.82) is 0 Å². The molecule has 0 fully saturated rings. The summed E-state index contributed by atoms with van der Waals surface area (Å²) in [7, 11) is 0. The highest BCUT2D eigenvalue weighted by Crippen LogP contribution is 2.16. The molecule has 1 aromatic heterocycles. The fourth-order valence-corrected chi connectivity index (χ4v) is 1.68. The SMILES string of the molecule is ClCCC#Cc1ccccc1OCCn1cccn1. The van der Waals surface area contributed by atoms with Crippen LogP contribution in [0.3, 0.4) is 0 Å². The van der Waals surface area contributed by atoms with Crippen LogP contribution in [-0.2, 0) is 6.54 Å². The molecule has 2 rings (SSSR count). The summed E-state index contributed by atoms with van der Waals surface area (Å²) in [6.45, 7) is 1.28. The number of ether oxygens (including phenoxy) is 1. The van der Waals surface area contributed by atoms with E-state index in [9.17, 15) is 0 Å². The monoisotopic (exact) mass is 274 g/mol. The lowest BCUT2D eigenvalue weighted by atomic mass is 10.2. The molecule has 0 saturated carbocycles. The van der Waals surface area contributed by atoms with Crippen molar-refractivity contribution in [2.75, 3.05) is 12.5 Å². The Morgan fingerprint density at radius 1 is 1.26 bits per heavy atom. The molecule has 0 aliphatic rings. The molecule has 0 bridgehead atoms. The van der Waals surface area contributed by atoms with E-state index in [1.165, 1.54) is 0 Å². The van der Waals surface area contributed by atoms with E-state index < -0.39 is 0 Å². The largest absolute Gasteiger partial charge is 0.490 e. The highest BCUT2D eigenvalue weighted by Gasteiger charge is 2.00. The van der Waals surface area contributed by atoms with Crippen molar-refractivity contribution < 1.29 is 4.74 Å². The Labute approximate surface area is 118 Å². The smallest absolute Gasteiger partial charge is 0.135 e. The molecule has 0 spiro atoms. The second-order valence-corrected chi connectivity index (χ2v) is 4.23. The molecule has 0 amide bonds. The lowest BCUT2D eigenvalue weighted by Crippen LogP contribution is -2.08. The molecule has 1 heterocycles. The average molecular weight is 275 g/mol. The quantitative estimate of drug-likeness (QED) is 0.619. The molecule has 0 unspecified atom stereocenters. The van der Waals surface area contributed by atoms with Crippen LogP contribution in [0.2, 0.25) is 0 Å². The van der Waals surface area contributed by atoms with Crippen LogP contribution in [0.5, 0.6) is 5.75 Å². The Bertz CT molecular complexity index is 555. The fraction of sp³-hybridized carbons (Fsp3) is 0.267. The van der Waals surface area contributed by atoms with Gasteiger partial charge in [0.25, 0.3) is 0 Å². The van der Waals surface area contributed by atoms with Crippen LogP contribution in [0.15, 0.2) is 42.7 Å². The third-order valence-electron chi connectivity index (χ3n) is 2.47. The van der Waals surface area contributed by atoms with Gasteiger partial charge in [0.2, 0.25) is 0 Å². The van der Waals surface area contributed by atoms with Crippen LogP contribution < -0.4 is 4.74 Å². The molecule has 98 valence electrons. The zero-order valence-electron chi connectivity index (χ0n) is 10.6. The van der Waals surface area contributed by atoms with Crippen LogP contribution in [0.1, 0.15) is 12.0 Å². The second-order valence-electron chi connectivity index (χ2n) is 3.85. The zero-order valence-corrected chi connectivity index (χ0v) is 11.3. The lowest BCUT2D eigenvalue weighted by molar-refractivity contribution is 0.290. The van der Waals surface area contributed by atoms with Gasteiger partial charge >= 0.3 is 0 Å². The van der Waals surface area contributed by atoms with Gasteiger partial charge in [-0.05, 0) is 18.2 Å². The van der Waals surface area contributed by atoms with Gasteiger partial charge in [-0.2, -0.15) is 5.10 Å². The van der Waals surface area contributed by atoms with Gasteiger partial charge in [-0.15, -0.1) is 11.6 Å². The number of halogens is 1. The van der Waals surface area contributed by atoms with Crippen molar-refractivity contribution in [1.82, 2.24) is 9.78 Å². The first kappa shape index (κ1) is 13.5. The Balaban J connectivity index is 1.94. The maximum absolute atomic E-state index is 5.74. The highest BCUT2D eigenvalue weighted by atomic mass is 35.5. The number of rotatable bonds is 5. The van der Waals surface area contributed by atoms with E-state index in [0.29, 0.717) is 18.9 Å². The third-order valence-corrected chi connectivity index (χ3v) is 2.66. The van der Waals surface area contributed by atoms with Gasteiger partial charge in [0.15, 0.2) is 0 Å². The normalized spacial score (nSPS) is 9.74. The summed E-state index contributed by atoms with van der Waals surface area (Å²) in [6.07, 6.45) is 4.35. The fourth-order valence-electron chi connectivity index (χ4n) is 1.58. The number of nitrogens with zero attached hydrogens (tertiary/aromatic N) is 2. The maximum atomic E-state index is 5.74. The minimum Gasteiger partial charge on any atom is -0.490 e. The summed E-state index contributed by atoms with van der Waals surface area (Å²) in [5, 5.41) is 4.12. The van der Waals surface area contributed by atoms with Crippen LogP contribution in [0, 0.1) is 11.8 Å².